The number of nitrogens with zero attached hydrogens (tertiary/aromatic N) is 1. The highest BCUT2D eigenvalue weighted by atomic mass is 35.5. The van der Waals surface area contributed by atoms with Gasteiger partial charge in [-0.25, -0.2) is 9.18 Å². The molecule has 0 saturated carbocycles. The molecule has 0 aromatic heterocycles. The lowest BCUT2D eigenvalue weighted by Gasteiger charge is -2.25. The fourth-order valence-electron chi connectivity index (χ4n) is 2.87. The SMILES string of the molecule is CC[C@@]1(c2ccccc2)NC(=O)N(NC(=O)c2ccc(Cl)cc2F)C1=O. The molecule has 0 bridgehead atoms. The number of hydrogen-bond acceptors (Lipinski definition) is 3. The van der Waals surface area contributed by atoms with Crippen LogP contribution in [0.25, 0.3) is 0 Å². The highest BCUT2D eigenvalue weighted by molar-refractivity contribution is 6.30. The average molecular weight is 376 g/mol. The molecule has 6 nitrogen and oxygen atoms in total. The van der Waals surface area contributed by atoms with Crippen molar-refractivity contribution in [1.82, 2.24) is 15.8 Å². The summed E-state index contributed by atoms with van der Waals surface area (Å²) in [6.45, 7) is 1.75. The zero-order valence-corrected chi connectivity index (χ0v) is 14.5. The van der Waals surface area contributed by atoms with Gasteiger partial charge in [0, 0.05) is 5.02 Å². The molecule has 3 rings (SSSR count). The molecule has 1 atom stereocenters. The largest absolute Gasteiger partial charge is 0.344 e. The summed E-state index contributed by atoms with van der Waals surface area (Å²) < 4.78 is 13.9. The number of urea groups is 1. The van der Waals surface area contributed by atoms with Crippen molar-refractivity contribution >= 4 is 29.4 Å². The highest BCUT2D eigenvalue weighted by Gasteiger charge is 2.52. The van der Waals surface area contributed by atoms with Gasteiger partial charge in [0.2, 0.25) is 0 Å². The number of benzene rings is 2. The molecule has 26 heavy (non-hydrogen) atoms. The van der Waals surface area contributed by atoms with Gasteiger partial charge in [0.25, 0.3) is 11.8 Å². The van der Waals surface area contributed by atoms with Crippen molar-refractivity contribution in [3.63, 3.8) is 0 Å². The van der Waals surface area contributed by atoms with E-state index in [1.165, 1.54) is 12.1 Å². The Morgan fingerprint density at radius 2 is 1.92 bits per heavy atom. The number of halogens is 2. The fraction of sp³-hybridized carbons (Fsp3) is 0.167. The van der Waals surface area contributed by atoms with Gasteiger partial charge in [0.1, 0.15) is 11.4 Å². The smallest absolute Gasteiger partial charge is 0.318 e. The number of imide groups is 1. The van der Waals surface area contributed by atoms with Crippen LogP contribution in [0.15, 0.2) is 48.5 Å². The first-order chi connectivity index (χ1) is 12.4. The van der Waals surface area contributed by atoms with Crippen molar-refractivity contribution in [2.45, 2.75) is 18.9 Å². The summed E-state index contributed by atoms with van der Waals surface area (Å²) in [5.74, 6) is -2.42. The molecule has 1 fully saturated rings. The molecule has 4 amide bonds. The topological polar surface area (TPSA) is 78.5 Å². The van der Waals surface area contributed by atoms with Gasteiger partial charge in [0.15, 0.2) is 0 Å². The van der Waals surface area contributed by atoms with Crippen LogP contribution in [0.3, 0.4) is 0 Å². The van der Waals surface area contributed by atoms with Gasteiger partial charge in [0.05, 0.1) is 5.56 Å². The third kappa shape index (κ3) is 2.90. The van der Waals surface area contributed by atoms with Crippen molar-refractivity contribution in [1.29, 1.82) is 0 Å². The van der Waals surface area contributed by atoms with Gasteiger partial charge >= 0.3 is 6.03 Å². The van der Waals surface area contributed by atoms with Crippen molar-refractivity contribution in [3.8, 4) is 0 Å². The van der Waals surface area contributed by atoms with Gasteiger partial charge in [-0.2, -0.15) is 5.01 Å². The van der Waals surface area contributed by atoms with Gasteiger partial charge in [-0.3, -0.25) is 15.0 Å². The Balaban J connectivity index is 1.88. The van der Waals surface area contributed by atoms with E-state index in [-0.39, 0.29) is 17.0 Å². The molecule has 0 spiro atoms. The van der Waals surface area contributed by atoms with Crippen LogP contribution in [0.2, 0.25) is 5.02 Å². The third-order valence-corrected chi connectivity index (χ3v) is 4.51. The van der Waals surface area contributed by atoms with Crippen LogP contribution >= 0.6 is 11.6 Å². The molecule has 2 N–H and O–H groups in total. The van der Waals surface area contributed by atoms with E-state index in [9.17, 15) is 18.8 Å². The summed E-state index contributed by atoms with van der Waals surface area (Å²) in [6.07, 6.45) is 0.281. The maximum Gasteiger partial charge on any atom is 0.344 e. The molecule has 0 radical (unpaired) electrons. The van der Waals surface area contributed by atoms with Crippen molar-refractivity contribution in [3.05, 3.63) is 70.5 Å². The van der Waals surface area contributed by atoms with Crippen LogP contribution in [0.1, 0.15) is 29.3 Å². The van der Waals surface area contributed by atoms with Gasteiger partial charge < -0.3 is 5.32 Å². The predicted molar refractivity (Wildman–Crippen MR) is 92.7 cm³/mol. The summed E-state index contributed by atoms with van der Waals surface area (Å²) in [5.41, 5.74) is 1.14. The second kappa shape index (κ2) is 6.76. The zero-order valence-electron chi connectivity index (χ0n) is 13.8. The van der Waals surface area contributed by atoms with E-state index in [0.29, 0.717) is 10.6 Å². The minimum Gasteiger partial charge on any atom is -0.318 e. The predicted octanol–water partition coefficient (Wildman–Crippen LogP) is 2.98. The van der Waals surface area contributed by atoms with E-state index < -0.39 is 29.2 Å². The Morgan fingerprint density at radius 3 is 2.54 bits per heavy atom. The number of nitrogens with one attached hydrogen (secondary N) is 2. The maximum absolute atomic E-state index is 13.9. The Labute approximate surface area is 153 Å². The fourth-order valence-corrected chi connectivity index (χ4v) is 3.03. The summed E-state index contributed by atoms with van der Waals surface area (Å²) in [5, 5.41) is 3.33. The van der Waals surface area contributed by atoms with E-state index >= 15 is 0 Å². The number of rotatable bonds is 4. The van der Waals surface area contributed by atoms with Crippen LogP contribution in [0, 0.1) is 5.82 Å². The lowest BCUT2D eigenvalue weighted by atomic mass is 9.87. The molecule has 1 heterocycles. The summed E-state index contributed by atoms with van der Waals surface area (Å²) in [7, 11) is 0. The first kappa shape index (κ1) is 17.9. The summed E-state index contributed by atoms with van der Waals surface area (Å²) in [4.78, 5) is 37.5. The van der Waals surface area contributed by atoms with Crippen LogP contribution in [0.5, 0.6) is 0 Å². The molecule has 1 aliphatic heterocycles. The molecular weight excluding hydrogens is 361 g/mol. The Bertz CT molecular complexity index is 891. The second-order valence-electron chi connectivity index (χ2n) is 5.76. The van der Waals surface area contributed by atoms with Crippen molar-refractivity contribution < 1.29 is 18.8 Å². The Morgan fingerprint density at radius 1 is 1.23 bits per heavy atom. The summed E-state index contributed by atoms with van der Waals surface area (Å²) in [6, 6.07) is 11.4. The normalized spacial score (nSPS) is 19.4. The molecule has 8 heteroatoms. The Hall–Kier alpha value is -2.93. The van der Waals surface area contributed by atoms with Crippen LogP contribution in [-0.4, -0.2) is 22.9 Å². The maximum atomic E-state index is 13.9. The average Bonchev–Trinajstić information content (AvgIpc) is 2.87. The second-order valence-corrected chi connectivity index (χ2v) is 6.20. The molecule has 0 unspecified atom stereocenters. The number of carbonyl (C=O) groups is 3. The Kier molecular flexibility index (Phi) is 4.65. The lowest BCUT2D eigenvalue weighted by molar-refractivity contribution is -0.133. The molecule has 0 aliphatic carbocycles. The first-order valence-corrected chi connectivity index (χ1v) is 8.25. The molecular formula is C18H15ClFN3O3. The van der Waals surface area contributed by atoms with Crippen LogP contribution < -0.4 is 10.7 Å². The standard InChI is InChI=1S/C18H15ClFN3O3/c1-2-18(11-6-4-3-5-7-11)16(25)23(17(26)21-18)22-15(24)13-9-8-12(19)10-14(13)20/h3-10H,2H2,1H3,(H,21,26)(H,22,24)/t18-/m0/s1. The summed E-state index contributed by atoms with van der Waals surface area (Å²) >= 11 is 5.66. The van der Waals surface area contributed by atoms with Crippen LogP contribution in [0.4, 0.5) is 9.18 Å². The lowest BCUT2D eigenvalue weighted by Crippen LogP contribution is -2.48. The molecule has 134 valence electrons. The quantitative estimate of drug-likeness (QED) is 0.806. The van der Waals surface area contributed by atoms with Crippen molar-refractivity contribution in [2.75, 3.05) is 0 Å². The van der Waals surface area contributed by atoms with E-state index in [2.05, 4.69) is 10.7 Å². The third-order valence-electron chi connectivity index (χ3n) is 4.28. The van der Waals surface area contributed by atoms with Gasteiger partial charge in [-0.1, -0.05) is 48.9 Å². The van der Waals surface area contributed by atoms with E-state index in [0.717, 1.165) is 6.07 Å². The van der Waals surface area contributed by atoms with E-state index in [1.807, 2.05) is 0 Å². The molecule has 2 aromatic carbocycles. The van der Waals surface area contributed by atoms with Crippen LogP contribution in [-0.2, 0) is 10.3 Å². The number of amides is 4. The minimum absolute atomic E-state index is 0.128. The molecule has 1 saturated heterocycles. The minimum atomic E-state index is -1.29. The van der Waals surface area contributed by atoms with Gasteiger partial charge in [-0.05, 0) is 30.2 Å². The highest BCUT2D eigenvalue weighted by Crippen LogP contribution is 2.31. The molecule has 1 aliphatic rings. The molecule has 2 aromatic rings. The zero-order chi connectivity index (χ0) is 18.9. The first-order valence-electron chi connectivity index (χ1n) is 7.87. The van der Waals surface area contributed by atoms with Gasteiger partial charge in [-0.15, -0.1) is 0 Å². The number of hydrazine groups is 1. The number of hydrogen-bond donors (Lipinski definition) is 2. The van der Waals surface area contributed by atoms with E-state index in [1.54, 1.807) is 37.3 Å². The number of carbonyl (C=O) groups excluding carboxylic acids is 3. The van der Waals surface area contributed by atoms with E-state index in [4.69, 9.17) is 11.6 Å². The van der Waals surface area contributed by atoms with Crippen molar-refractivity contribution in [2.24, 2.45) is 0 Å². The monoisotopic (exact) mass is 375 g/mol.